The number of aromatic nitrogens is 1. The fraction of sp³-hybridized carbons (Fsp3) is 0.500. The van der Waals surface area contributed by atoms with Gasteiger partial charge in [-0.2, -0.15) is 0 Å². The topological polar surface area (TPSA) is 48.5 Å². The van der Waals surface area contributed by atoms with Crippen molar-refractivity contribution in [3.63, 3.8) is 0 Å². The van der Waals surface area contributed by atoms with Crippen molar-refractivity contribution in [2.24, 2.45) is 0 Å². The summed E-state index contributed by atoms with van der Waals surface area (Å²) in [7, 11) is 2.08. The SMILES string of the molecule is CCC(CC)N1CCC(N(C)c2ccc(Cl)cc2C(=O)Nc2ccc(C)cn2)CC1. The molecule has 1 aliphatic rings. The average molecular weight is 429 g/mol. The molecular formula is C24H33ClN4O. The van der Waals surface area contributed by atoms with Crippen molar-refractivity contribution in [1.82, 2.24) is 9.88 Å². The van der Waals surface area contributed by atoms with Crippen LogP contribution in [0.3, 0.4) is 0 Å². The summed E-state index contributed by atoms with van der Waals surface area (Å²) >= 11 is 6.24. The summed E-state index contributed by atoms with van der Waals surface area (Å²) in [5, 5.41) is 3.46. The molecule has 5 nitrogen and oxygen atoms in total. The molecule has 1 amide bonds. The molecule has 2 heterocycles. The van der Waals surface area contributed by atoms with Crippen molar-refractivity contribution in [2.45, 2.75) is 58.5 Å². The lowest BCUT2D eigenvalue weighted by molar-refractivity contribution is 0.102. The molecule has 30 heavy (non-hydrogen) atoms. The fourth-order valence-electron chi connectivity index (χ4n) is 4.36. The zero-order valence-corrected chi connectivity index (χ0v) is 19.2. The number of piperidine rings is 1. The summed E-state index contributed by atoms with van der Waals surface area (Å²) < 4.78 is 0. The van der Waals surface area contributed by atoms with Crippen molar-refractivity contribution in [3.05, 3.63) is 52.7 Å². The van der Waals surface area contributed by atoms with Crippen molar-refractivity contribution in [2.75, 3.05) is 30.4 Å². The van der Waals surface area contributed by atoms with Crippen LogP contribution in [0.2, 0.25) is 5.02 Å². The van der Waals surface area contributed by atoms with Gasteiger partial charge in [-0.25, -0.2) is 4.98 Å². The molecular weight excluding hydrogens is 396 g/mol. The Balaban J connectivity index is 1.74. The molecule has 0 bridgehead atoms. The zero-order chi connectivity index (χ0) is 21.7. The molecule has 6 heteroatoms. The van der Waals surface area contributed by atoms with E-state index in [0.29, 0.717) is 28.5 Å². The summed E-state index contributed by atoms with van der Waals surface area (Å²) in [5.74, 6) is 0.350. The van der Waals surface area contributed by atoms with E-state index in [9.17, 15) is 4.79 Å². The van der Waals surface area contributed by atoms with Crippen LogP contribution >= 0.6 is 11.6 Å². The highest BCUT2D eigenvalue weighted by molar-refractivity contribution is 6.31. The maximum atomic E-state index is 13.0. The number of halogens is 1. The lowest BCUT2D eigenvalue weighted by Gasteiger charge is -2.41. The summed E-state index contributed by atoms with van der Waals surface area (Å²) in [5.41, 5.74) is 2.54. The van der Waals surface area contributed by atoms with E-state index in [0.717, 1.165) is 37.2 Å². The molecule has 0 saturated carbocycles. The number of nitrogens with zero attached hydrogens (tertiary/aromatic N) is 3. The van der Waals surface area contributed by atoms with E-state index in [1.165, 1.54) is 12.8 Å². The van der Waals surface area contributed by atoms with Crippen molar-refractivity contribution in [1.29, 1.82) is 0 Å². The number of pyridine rings is 1. The number of aryl methyl sites for hydroxylation is 1. The minimum atomic E-state index is -0.190. The van der Waals surface area contributed by atoms with Gasteiger partial charge in [-0.15, -0.1) is 0 Å². The average Bonchev–Trinajstić information content (AvgIpc) is 2.76. The van der Waals surface area contributed by atoms with E-state index in [2.05, 4.69) is 41.0 Å². The Morgan fingerprint density at radius 3 is 2.53 bits per heavy atom. The second-order valence-corrected chi connectivity index (χ2v) is 8.62. The summed E-state index contributed by atoms with van der Waals surface area (Å²) in [6.45, 7) is 8.71. The molecule has 0 unspecified atom stereocenters. The van der Waals surface area contributed by atoms with Gasteiger partial charge >= 0.3 is 0 Å². The molecule has 0 radical (unpaired) electrons. The first-order valence-electron chi connectivity index (χ1n) is 10.9. The third-order valence-electron chi connectivity index (χ3n) is 6.24. The van der Waals surface area contributed by atoms with Crippen molar-refractivity contribution in [3.8, 4) is 0 Å². The van der Waals surface area contributed by atoms with Gasteiger partial charge in [-0.1, -0.05) is 31.5 Å². The molecule has 1 aromatic heterocycles. The third-order valence-corrected chi connectivity index (χ3v) is 6.48. The molecule has 0 spiro atoms. The summed E-state index contributed by atoms with van der Waals surface area (Å²) in [6, 6.07) is 10.4. The smallest absolute Gasteiger partial charge is 0.258 e. The molecule has 1 N–H and O–H groups in total. The molecule has 0 atom stereocenters. The van der Waals surface area contributed by atoms with Crippen LogP contribution < -0.4 is 10.2 Å². The number of carbonyl (C=O) groups excluding carboxylic acids is 1. The second kappa shape index (κ2) is 10.3. The van der Waals surface area contributed by atoms with E-state index in [4.69, 9.17) is 11.6 Å². The number of carbonyl (C=O) groups is 1. The third kappa shape index (κ3) is 5.32. The van der Waals surface area contributed by atoms with Gasteiger partial charge in [0, 0.05) is 49.1 Å². The van der Waals surface area contributed by atoms with E-state index in [1.54, 1.807) is 12.3 Å². The standard InChI is InChI=1S/C24H33ClN4O/c1-5-19(6-2)29-13-11-20(12-14-29)28(4)22-9-8-18(25)15-21(22)24(30)27-23-10-7-17(3)16-26-23/h7-10,15-16,19-20H,5-6,11-14H2,1-4H3,(H,26,27,30). The van der Waals surface area contributed by atoms with Crippen molar-refractivity contribution < 1.29 is 4.79 Å². The Morgan fingerprint density at radius 1 is 1.23 bits per heavy atom. The Labute approximate surface area is 185 Å². The van der Waals surface area contributed by atoms with Crippen LogP contribution in [-0.2, 0) is 0 Å². The predicted molar refractivity (Wildman–Crippen MR) is 126 cm³/mol. The highest BCUT2D eigenvalue weighted by Crippen LogP contribution is 2.29. The maximum Gasteiger partial charge on any atom is 0.258 e. The van der Waals surface area contributed by atoms with Gasteiger partial charge in [-0.3, -0.25) is 4.79 Å². The lowest BCUT2D eigenvalue weighted by atomic mass is 9.98. The Bertz CT molecular complexity index is 843. The van der Waals surface area contributed by atoms with Crippen LogP contribution in [0.5, 0.6) is 0 Å². The predicted octanol–water partition coefficient (Wildman–Crippen LogP) is 5.38. The Kier molecular flexibility index (Phi) is 7.73. The molecule has 1 aliphatic heterocycles. The highest BCUT2D eigenvalue weighted by atomic mass is 35.5. The first kappa shape index (κ1) is 22.6. The number of likely N-dealkylation sites (tertiary alicyclic amines) is 1. The van der Waals surface area contributed by atoms with E-state index >= 15 is 0 Å². The van der Waals surface area contributed by atoms with Crippen LogP contribution in [0.4, 0.5) is 11.5 Å². The Hall–Kier alpha value is -2.11. The molecule has 1 saturated heterocycles. The minimum absolute atomic E-state index is 0.190. The highest BCUT2D eigenvalue weighted by Gasteiger charge is 2.27. The number of amides is 1. The lowest BCUT2D eigenvalue weighted by Crippen LogP contribution is -2.47. The largest absolute Gasteiger partial charge is 0.371 e. The number of nitrogens with one attached hydrogen (secondary N) is 1. The normalized spacial score (nSPS) is 15.4. The number of hydrogen-bond acceptors (Lipinski definition) is 4. The number of rotatable bonds is 7. The zero-order valence-electron chi connectivity index (χ0n) is 18.5. The second-order valence-electron chi connectivity index (χ2n) is 8.18. The van der Waals surface area contributed by atoms with Gasteiger partial charge in [0.05, 0.1) is 5.56 Å². The van der Waals surface area contributed by atoms with Crippen LogP contribution in [-0.4, -0.2) is 48.0 Å². The van der Waals surface area contributed by atoms with Gasteiger partial charge in [-0.05, 0) is 62.4 Å². The number of hydrogen-bond donors (Lipinski definition) is 1. The van der Waals surface area contributed by atoms with Gasteiger partial charge in [0.2, 0.25) is 0 Å². The monoisotopic (exact) mass is 428 g/mol. The number of benzene rings is 1. The minimum Gasteiger partial charge on any atom is -0.371 e. The van der Waals surface area contributed by atoms with Crippen LogP contribution in [0.1, 0.15) is 55.5 Å². The molecule has 162 valence electrons. The molecule has 0 aliphatic carbocycles. The molecule has 2 aromatic rings. The molecule has 1 fully saturated rings. The first-order chi connectivity index (χ1) is 14.4. The van der Waals surface area contributed by atoms with Crippen LogP contribution in [0, 0.1) is 6.92 Å². The first-order valence-corrected chi connectivity index (χ1v) is 11.3. The fourth-order valence-corrected chi connectivity index (χ4v) is 4.54. The van der Waals surface area contributed by atoms with Gasteiger partial charge in [0.15, 0.2) is 0 Å². The Morgan fingerprint density at radius 2 is 1.93 bits per heavy atom. The van der Waals surface area contributed by atoms with Crippen LogP contribution in [0.15, 0.2) is 36.5 Å². The quantitative estimate of drug-likeness (QED) is 0.642. The molecule has 1 aromatic carbocycles. The molecule has 3 rings (SSSR count). The van der Waals surface area contributed by atoms with E-state index in [1.807, 2.05) is 31.2 Å². The van der Waals surface area contributed by atoms with E-state index in [-0.39, 0.29) is 5.91 Å². The van der Waals surface area contributed by atoms with Crippen molar-refractivity contribution >= 4 is 29.0 Å². The van der Waals surface area contributed by atoms with Gasteiger partial charge in [0.25, 0.3) is 5.91 Å². The van der Waals surface area contributed by atoms with Crippen LogP contribution in [0.25, 0.3) is 0 Å². The van der Waals surface area contributed by atoms with Gasteiger partial charge in [0.1, 0.15) is 5.82 Å². The van der Waals surface area contributed by atoms with Gasteiger partial charge < -0.3 is 15.1 Å². The van der Waals surface area contributed by atoms with E-state index < -0.39 is 0 Å². The number of anilines is 2. The summed E-state index contributed by atoms with van der Waals surface area (Å²) in [4.78, 5) is 22.2. The maximum absolute atomic E-state index is 13.0. The summed E-state index contributed by atoms with van der Waals surface area (Å²) in [6.07, 6.45) is 6.33.